The Balaban J connectivity index is 1.93. The number of methoxy groups -OCH3 is 1. The van der Waals surface area contributed by atoms with Crippen molar-refractivity contribution < 1.29 is 19.1 Å². The molecule has 0 bridgehead atoms. The van der Waals surface area contributed by atoms with E-state index in [4.69, 9.17) is 0 Å². The fourth-order valence-corrected chi connectivity index (χ4v) is 3.62. The predicted octanol–water partition coefficient (Wildman–Crippen LogP) is 2.70. The van der Waals surface area contributed by atoms with Gasteiger partial charge in [0.05, 0.1) is 23.9 Å². The zero-order valence-corrected chi connectivity index (χ0v) is 15.4. The van der Waals surface area contributed by atoms with E-state index in [1.807, 2.05) is 36.6 Å². The number of aryl methyl sites for hydroxylation is 1. The maximum absolute atomic E-state index is 12.4. The molecule has 26 heavy (non-hydrogen) atoms. The van der Waals surface area contributed by atoms with Gasteiger partial charge in [-0.05, 0) is 55.4 Å². The van der Waals surface area contributed by atoms with E-state index in [-0.39, 0.29) is 11.4 Å². The van der Waals surface area contributed by atoms with Crippen LogP contribution in [0.1, 0.15) is 17.0 Å². The average molecular weight is 371 g/mol. The van der Waals surface area contributed by atoms with Crippen LogP contribution in [0.5, 0.6) is 0 Å². The van der Waals surface area contributed by atoms with Crippen molar-refractivity contribution in [3.8, 4) is 5.69 Å². The quantitative estimate of drug-likeness (QED) is 0.607. The number of amides is 2. The van der Waals surface area contributed by atoms with Crippen LogP contribution in [0.4, 0.5) is 4.79 Å². The van der Waals surface area contributed by atoms with Crippen molar-refractivity contribution in [3.05, 3.63) is 52.4 Å². The monoisotopic (exact) mass is 371 g/mol. The summed E-state index contributed by atoms with van der Waals surface area (Å²) < 4.78 is 6.55. The summed E-state index contributed by atoms with van der Waals surface area (Å²) in [5.41, 5.74) is 3.65. The predicted molar refractivity (Wildman–Crippen MR) is 97.7 cm³/mol. The molecule has 7 nitrogen and oxygen atoms in total. The van der Waals surface area contributed by atoms with Crippen LogP contribution in [0.2, 0.25) is 0 Å². The van der Waals surface area contributed by atoms with Gasteiger partial charge >= 0.3 is 5.97 Å². The number of carbonyl (C=O) groups excluding carboxylic acids is 3. The third-order valence-corrected chi connectivity index (χ3v) is 4.96. The highest BCUT2D eigenvalue weighted by Crippen LogP contribution is 2.33. The Morgan fingerprint density at radius 3 is 2.77 bits per heavy atom. The van der Waals surface area contributed by atoms with E-state index in [2.05, 4.69) is 9.72 Å². The maximum atomic E-state index is 12.4. The third kappa shape index (κ3) is 3.28. The van der Waals surface area contributed by atoms with Gasteiger partial charge in [-0.3, -0.25) is 24.3 Å². The molecule has 1 saturated heterocycles. The molecule has 0 aliphatic carbocycles. The average Bonchev–Trinajstić information content (AvgIpc) is 3.05. The van der Waals surface area contributed by atoms with Gasteiger partial charge in [-0.1, -0.05) is 0 Å². The molecule has 0 unspecified atom stereocenters. The second kappa shape index (κ2) is 7.17. The van der Waals surface area contributed by atoms with E-state index in [1.165, 1.54) is 7.11 Å². The Morgan fingerprint density at radius 2 is 2.12 bits per heavy atom. The van der Waals surface area contributed by atoms with Crippen molar-refractivity contribution >= 4 is 35.0 Å². The highest BCUT2D eigenvalue weighted by Gasteiger charge is 2.36. The van der Waals surface area contributed by atoms with Crippen LogP contribution in [-0.4, -0.2) is 45.2 Å². The first-order valence-corrected chi connectivity index (χ1v) is 8.65. The molecule has 2 aromatic rings. The van der Waals surface area contributed by atoms with Gasteiger partial charge in [0.15, 0.2) is 0 Å². The highest BCUT2D eigenvalue weighted by molar-refractivity contribution is 8.18. The third-order valence-electron chi connectivity index (χ3n) is 4.05. The number of pyridine rings is 1. The summed E-state index contributed by atoms with van der Waals surface area (Å²) in [6.45, 7) is 3.51. The summed E-state index contributed by atoms with van der Waals surface area (Å²) in [6, 6.07) is 5.74. The molecule has 1 aliphatic rings. The summed E-state index contributed by atoms with van der Waals surface area (Å²) >= 11 is 0.818. The molecule has 134 valence electrons. The zero-order valence-electron chi connectivity index (χ0n) is 14.6. The number of rotatable bonds is 4. The first kappa shape index (κ1) is 17.9. The molecular weight excluding hydrogens is 354 g/mol. The zero-order chi connectivity index (χ0) is 18.8. The van der Waals surface area contributed by atoms with Gasteiger partial charge in [0.1, 0.15) is 6.54 Å². The molecule has 1 fully saturated rings. The number of hydrogen-bond acceptors (Lipinski definition) is 6. The highest BCUT2D eigenvalue weighted by atomic mass is 32.2. The van der Waals surface area contributed by atoms with Crippen LogP contribution < -0.4 is 0 Å². The number of hydrogen-bond donors (Lipinski definition) is 0. The van der Waals surface area contributed by atoms with Gasteiger partial charge in [-0.25, -0.2) is 0 Å². The lowest BCUT2D eigenvalue weighted by Gasteiger charge is -2.10. The molecule has 0 spiro atoms. The van der Waals surface area contributed by atoms with Crippen LogP contribution in [0.15, 0.2) is 35.5 Å². The van der Waals surface area contributed by atoms with E-state index in [0.29, 0.717) is 0 Å². The van der Waals surface area contributed by atoms with Crippen LogP contribution in [0, 0.1) is 13.8 Å². The van der Waals surface area contributed by atoms with Crippen molar-refractivity contribution in [1.82, 2.24) is 14.5 Å². The molecule has 0 atom stereocenters. The van der Waals surface area contributed by atoms with Crippen molar-refractivity contribution in [2.24, 2.45) is 0 Å². The summed E-state index contributed by atoms with van der Waals surface area (Å²) in [5.74, 6) is -1.13. The molecular formula is C18H17N3O4S. The van der Waals surface area contributed by atoms with E-state index < -0.39 is 17.1 Å². The molecule has 0 radical (unpaired) electrons. The minimum atomic E-state index is -0.636. The minimum Gasteiger partial charge on any atom is -0.468 e. The lowest BCUT2D eigenvalue weighted by Crippen LogP contribution is -2.34. The summed E-state index contributed by atoms with van der Waals surface area (Å²) in [7, 11) is 1.21. The van der Waals surface area contributed by atoms with Gasteiger partial charge in [-0.15, -0.1) is 0 Å². The lowest BCUT2D eigenvalue weighted by atomic mass is 10.2. The summed E-state index contributed by atoms with van der Waals surface area (Å²) in [6.07, 6.45) is 5.14. The van der Waals surface area contributed by atoms with Crippen LogP contribution >= 0.6 is 11.8 Å². The first-order chi connectivity index (χ1) is 12.4. The van der Waals surface area contributed by atoms with Crippen LogP contribution in [-0.2, 0) is 14.3 Å². The number of nitrogens with zero attached hydrogens (tertiary/aromatic N) is 3. The Bertz CT molecular complexity index is 918. The van der Waals surface area contributed by atoms with E-state index in [0.717, 1.165) is 39.3 Å². The molecule has 1 aliphatic heterocycles. The SMILES string of the molecule is COC(=O)CN1C(=O)S/C(=C/c2cc(C)n(-c3cccnc3)c2C)C1=O. The maximum Gasteiger partial charge on any atom is 0.325 e. The minimum absolute atomic E-state index is 0.283. The van der Waals surface area contributed by atoms with Crippen molar-refractivity contribution in [1.29, 1.82) is 0 Å². The van der Waals surface area contributed by atoms with Crippen LogP contribution in [0.3, 0.4) is 0 Å². The van der Waals surface area contributed by atoms with Gasteiger partial charge < -0.3 is 9.30 Å². The van der Waals surface area contributed by atoms with Crippen molar-refractivity contribution in [2.75, 3.05) is 13.7 Å². The lowest BCUT2D eigenvalue weighted by molar-refractivity contribution is -0.143. The Hall–Kier alpha value is -2.87. The number of esters is 1. The molecule has 3 rings (SSSR count). The fraction of sp³-hybridized carbons (Fsp3) is 0.222. The normalized spacial score (nSPS) is 15.8. The standard InChI is InChI=1S/C18H17N3O4S/c1-11-7-13(12(2)21(11)14-5-4-6-19-9-14)8-15-17(23)20(18(24)26-15)10-16(22)25-3/h4-9H,10H2,1-3H3/b15-8+. The van der Waals surface area contributed by atoms with Crippen molar-refractivity contribution in [2.45, 2.75) is 13.8 Å². The molecule has 0 N–H and O–H groups in total. The number of aromatic nitrogens is 2. The second-order valence-electron chi connectivity index (χ2n) is 5.72. The smallest absolute Gasteiger partial charge is 0.325 e. The van der Waals surface area contributed by atoms with E-state index in [1.54, 1.807) is 18.5 Å². The topological polar surface area (TPSA) is 81.5 Å². The molecule has 2 aromatic heterocycles. The van der Waals surface area contributed by atoms with Gasteiger partial charge in [0.2, 0.25) is 0 Å². The molecule has 0 aromatic carbocycles. The number of thioether (sulfide) groups is 1. The second-order valence-corrected chi connectivity index (χ2v) is 6.71. The number of ether oxygens (including phenoxy) is 1. The molecule has 3 heterocycles. The summed E-state index contributed by atoms with van der Waals surface area (Å²) in [4.78, 5) is 41.1. The molecule has 8 heteroatoms. The van der Waals surface area contributed by atoms with Gasteiger partial charge in [-0.2, -0.15) is 0 Å². The Labute approximate surface area is 154 Å². The fourth-order valence-electron chi connectivity index (χ4n) is 2.79. The Kier molecular flexibility index (Phi) is 4.94. The van der Waals surface area contributed by atoms with Gasteiger partial charge in [0, 0.05) is 17.6 Å². The largest absolute Gasteiger partial charge is 0.468 e. The number of imide groups is 1. The number of carbonyl (C=O) groups is 3. The van der Waals surface area contributed by atoms with E-state index >= 15 is 0 Å². The van der Waals surface area contributed by atoms with Crippen LogP contribution in [0.25, 0.3) is 11.8 Å². The molecule has 2 amide bonds. The first-order valence-electron chi connectivity index (χ1n) is 7.84. The van der Waals surface area contributed by atoms with E-state index in [9.17, 15) is 14.4 Å². The van der Waals surface area contributed by atoms with Gasteiger partial charge in [0.25, 0.3) is 11.1 Å². The Morgan fingerprint density at radius 1 is 1.35 bits per heavy atom. The molecule has 0 saturated carbocycles. The summed E-state index contributed by atoms with van der Waals surface area (Å²) in [5, 5.41) is -0.479. The van der Waals surface area contributed by atoms with Crippen molar-refractivity contribution in [3.63, 3.8) is 0 Å².